The molecule has 0 saturated carbocycles. The summed E-state index contributed by atoms with van der Waals surface area (Å²) in [6.45, 7) is 11.6. The van der Waals surface area contributed by atoms with Crippen molar-refractivity contribution in [2.45, 2.75) is 38.5 Å². The third-order valence-electron chi connectivity index (χ3n) is 3.50. The molecule has 2 heteroatoms. The van der Waals surface area contributed by atoms with E-state index in [1.165, 1.54) is 9.15 Å². The van der Waals surface area contributed by atoms with Gasteiger partial charge in [-0.1, -0.05) is 69.4 Å². The van der Waals surface area contributed by atoms with Crippen molar-refractivity contribution in [3.8, 4) is 0 Å². The Bertz CT molecular complexity index is 300. The topological polar surface area (TPSA) is 0 Å². The summed E-state index contributed by atoms with van der Waals surface area (Å²) in [4.78, 5) is 0. The molecule has 0 saturated heterocycles. The zero-order chi connectivity index (χ0) is 11.8. The minimum Gasteiger partial charge on any atom is -0.0771 e. The number of allylic oxidation sites excluding steroid dienone is 4. The summed E-state index contributed by atoms with van der Waals surface area (Å²) < 4.78 is 2.07. The first-order valence-electron chi connectivity index (χ1n) is 5.53. The Morgan fingerprint density at radius 2 is 1.80 bits per heavy atom. The van der Waals surface area contributed by atoms with E-state index in [1.807, 2.05) is 0 Å². The van der Waals surface area contributed by atoms with Gasteiger partial charge >= 0.3 is 0 Å². The second-order valence-electron chi connectivity index (χ2n) is 5.19. The van der Waals surface area contributed by atoms with Crippen molar-refractivity contribution < 1.29 is 0 Å². The van der Waals surface area contributed by atoms with Gasteiger partial charge in [0.05, 0.1) is 0 Å². The van der Waals surface area contributed by atoms with Crippen LogP contribution in [0.2, 0.25) is 0 Å². The van der Waals surface area contributed by atoms with Crippen molar-refractivity contribution in [2.24, 2.45) is 17.3 Å². The van der Waals surface area contributed by atoms with E-state index in [1.54, 1.807) is 0 Å². The van der Waals surface area contributed by atoms with E-state index in [2.05, 4.69) is 92.0 Å². The number of halogens is 2. The zero-order valence-electron chi connectivity index (χ0n) is 10.1. The Morgan fingerprint density at radius 3 is 2.20 bits per heavy atom. The van der Waals surface area contributed by atoms with Crippen LogP contribution < -0.4 is 0 Å². The summed E-state index contributed by atoms with van der Waals surface area (Å²) in [7, 11) is 0. The monoisotopic (exact) mass is 430 g/mol. The Kier molecular flexibility index (Phi) is 4.73. The van der Waals surface area contributed by atoms with Crippen molar-refractivity contribution in [1.82, 2.24) is 0 Å². The number of rotatable bonds is 2. The van der Waals surface area contributed by atoms with Crippen molar-refractivity contribution in [3.63, 3.8) is 0 Å². The average molecular weight is 430 g/mol. The molecule has 0 aliphatic heterocycles. The Balaban J connectivity index is 3.08. The van der Waals surface area contributed by atoms with Crippen LogP contribution in [-0.2, 0) is 0 Å². The molecule has 0 aromatic carbocycles. The lowest BCUT2D eigenvalue weighted by atomic mass is 9.72. The van der Waals surface area contributed by atoms with Gasteiger partial charge in [0.15, 0.2) is 0 Å². The maximum absolute atomic E-state index is 2.59. The minimum absolute atomic E-state index is 0.315. The van der Waals surface area contributed by atoms with Gasteiger partial charge in [0.2, 0.25) is 0 Å². The van der Waals surface area contributed by atoms with Gasteiger partial charge in [-0.05, 0) is 40.0 Å². The zero-order valence-corrected chi connectivity index (χ0v) is 14.5. The molecule has 0 amide bonds. The Morgan fingerprint density at radius 1 is 1.27 bits per heavy atom. The summed E-state index contributed by atoms with van der Waals surface area (Å²) in [6, 6.07) is 0. The third-order valence-corrected chi connectivity index (χ3v) is 6.14. The largest absolute Gasteiger partial charge is 0.0771 e. The van der Waals surface area contributed by atoms with Crippen LogP contribution in [-0.4, -0.2) is 3.92 Å². The third kappa shape index (κ3) is 2.79. The quantitative estimate of drug-likeness (QED) is 0.409. The number of hydrogen-bond acceptors (Lipinski definition) is 0. The first-order valence-corrected chi connectivity index (χ1v) is 7.86. The van der Waals surface area contributed by atoms with Crippen molar-refractivity contribution in [3.05, 3.63) is 21.3 Å². The van der Waals surface area contributed by atoms with E-state index in [0.717, 1.165) is 0 Å². The second-order valence-corrected chi connectivity index (χ2v) is 7.70. The first-order chi connectivity index (χ1) is 6.79. The molecule has 2 unspecified atom stereocenters. The molecule has 1 rings (SSSR count). The average Bonchev–Trinajstić information content (AvgIpc) is 2.10. The smallest absolute Gasteiger partial charge is 0.0386 e. The van der Waals surface area contributed by atoms with Gasteiger partial charge in [-0.2, -0.15) is 0 Å². The molecule has 1 aliphatic rings. The molecule has 0 spiro atoms. The van der Waals surface area contributed by atoms with Crippen molar-refractivity contribution >= 4 is 45.2 Å². The lowest BCUT2D eigenvalue weighted by molar-refractivity contribution is 0.313. The molecule has 0 N–H and O–H groups in total. The molecule has 0 fully saturated rings. The lowest BCUT2D eigenvalue weighted by Gasteiger charge is -2.38. The van der Waals surface area contributed by atoms with Crippen LogP contribution in [0.25, 0.3) is 0 Å². The van der Waals surface area contributed by atoms with Gasteiger partial charge < -0.3 is 0 Å². The van der Waals surface area contributed by atoms with E-state index >= 15 is 0 Å². The molecule has 15 heavy (non-hydrogen) atoms. The van der Waals surface area contributed by atoms with Gasteiger partial charge in [-0.15, -0.1) is 0 Å². The minimum atomic E-state index is 0.315. The molecule has 0 bridgehead atoms. The summed E-state index contributed by atoms with van der Waals surface area (Å²) in [6.07, 6.45) is 4.94. The number of alkyl halides is 1. The van der Waals surface area contributed by atoms with Gasteiger partial charge in [0.1, 0.15) is 0 Å². The van der Waals surface area contributed by atoms with Crippen LogP contribution in [0, 0.1) is 17.3 Å². The fourth-order valence-corrected chi connectivity index (χ4v) is 4.57. The molecular formula is C13H20I2. The molecule has 1 aliphatic carbocycles. The standard InChI is InChI=1S/C13H20I2/c1-8(2)10-6-12(15)13(5,9(3)4)7-11(10)14/h6-9,12H,1-5H3. The SMILES string of the molecule is CC(C)C1=CC(I)C(C)(C(C)C)C=C1I. The number of hydrogen-bond donors (Lipinski definition) is 0. The van der Waals surface area contributed by atoms with Crippen molar-refractivity contribution in [2.75, 3.05) is 0 Å². The molecule has 0 heterocycles. The Labute approximate surface area is 121 Å². The van der Waals surface area contributed by atoms with Crippen LogP contribution in [0.15, 0.2) is 21.3 Å². The fraction of sp³-hybridized carbons (Fsp3) is 0.692. The van der Waals surface area contributed by atoms with Gasteiger partial charge in [-0.25, -0.2) is 0 Å². The van der Waals surface area contributed by atoms with Crippen LogP contribution in [0.5, 0.6) is 0 Å². The highest BCUT2D eigenvalue weighted by Gasteiger charge is 2.36. The fourth-order valence-electron chi connectivity index (χ4n) is 1.81. The predicted octanol–water partition coefficient (Wildman–Crippen LogP) is 5.37. The van der Waals surface area contributed by atoms with Gasteiger partial charge in [0, 0.05) is 12.9 Å². The summed E-state index contributed by atoms with van der Waals surface area (Å²) in [5.74, 6) is 1.33. The summed E-state index contributed by atoms with van der Waals surface area (Å²) in [5.41, 5.74) is 1.84. The maximum atomic E-state index is 2.59. The van der Waals surface area contributed by atoms with Gasteiger partial charge in [0.25, 0.3) is 0 Å². The highest BCUT2D eigenvalue weighted by molar-refractivity contribution is 14.1. The molecule has 0 radical (unpaired) electrons. The summed E-state index contributed by atoms with van der Waals surface area (Å²) in [5, 5.41) is 0. The van der Waals surface area contributed by atoms with Crippen molar-refractivity contribution in [1.29, 1.82) is 0 Å². The van der Waals surface area contributed by atoms with Gasteiger partial charge in [-0.3, -0.25) is 0 Å². The normalized spacial score (nSPS) is 31.9. The lowest BCUT2D eigenvalue weighted by Crippen LogP contribution is -2.33. The van der Waals surface area contributed by atoms with Crippen LogP contribution in [0.4, 0.5) is 0 Å². The van der Waals surface area contributed by atoms with E-state index in [9.17, 15) is 0 Å². The van der Waals surface area contributed by atoms with E-state index in [4.69, 9.17) is 0 Å². The molecule has 0 nitrogen and oxygen atoms in total. The predicted molar refractivity (Wildman–Crippen MR) is 85.8 cm³/mol. The highest BCUT2D eigenvalue weighted by atomic mass is 127. The molecular weight excluding hydrogens is 410 g/mol. The molecule has 2 atom stereocenters. The van der Waals surface area contributed by atoms with E-state index in [-0.39, 0.29) is 0 Å². The van der Waals surface area contributed by atoms with Crippen LogP contribution in [0.3, 0.4) is 0 Å². The Hall–Kier alpha value is 0.940. The molecule has 86 valence electrons. The second kappa shape index (κ2) is 5.07. The van der Waals surface area contributed by atoms with Crippen LogP contribution in [0.1, 0.15) is 34.6 Å². The summed E-state index contributed by atoms with van der Waals surface area (Å²) >= 11 is 5.08. The highest BCUT2D eigenvalue weighted by Crippen LogP contribution is 2.46. The molecule has 0 aromatic heterocycles. The first kappa shape index (κ1) is 14.0. The van der Waals surface area contributed by atoms with E-state index in [0.29, 0.717) is 21.2 Å². The molecule has 0 aromatic rings. The van der Waals surface area contributed by atoms with E-state index < -0.39 is 0 Å². The maximum Gasteiger partial charge on any atom is 0.0386 e. The van der Waals surface area contributed by atoms with Crippen LogP contribution >= 0.6 is 45.2 Å².